The molecule has 0 aromatic carbocycles. The van der Waals surface area contributed by atoms with Crippen molar-refractivity contribution >= 4 is 16.5 Å². The van der Waals surface area contributed by atoms with Crippen molar-refractivity contribution in [1.29, 1.82) is 0 Å². The minimum atomic E-state index is 0.595. The molecule has 0 spiro atoms. The Labute approximate surface area is 35.9 Å². The fraction of sp³-hybridized carbons (Fsp3) is 1.00. The molecule has 0 saturated carbocycles. The second kappa shape index (κ2) is 1.54. The molecule has 1 rings (SSSR count). The van der Waals surface area contributed by atoms with Crippen molar-refractivity contribution in [3.63, 3.8) is 0 Å². The van der Waals surface area contributed by atoms with Crippen molar-refractivity contribution in [1.82, 2.24) is 0 Å². The minimum Gasteiger partial charge on any atom is -0.113 e. The molecule has 2 heteroatoms. The van der Waals surface area contributed by atoms with Gasteiger partial charge in [0.2, 0.25) is 0 Å². The maximum Gasteiger partial charge on any atom is -0.0144 e. The Morgan fingerprint density at radius 1 is 1.60 bits per heavy atom. The van der Waals surface area contributed by atoms with Crippen molar-refractivity contribution in [2.75, 3.05) is 18.5 Å². The lowest BCUT2D eigenvalue weighted by atomic mass is 11.8. The molecule has 1 fully saturated rings. The Kier molecular flexibility index (Phi) is 1.24. The molecule has 1 saturated heterocycles. The highest BCUT2D eigenvalue weighted by atomic mass is 31.2. The molecule has 1 aliphatic heterocycles. The van der Waals surface area contributed by atoms with Gasteiger partial charge in [-0.05, 0) is 18.5 Å². The molecule has 0 amide bonds. The molecule has 0 bridgehead atoms. The molecular weight excluding hydrogens is 98.0 g/mol. The van der Waals surface area contributed by atoms with Crippen LogP contribution in [0.2, 0.25) is 0 Å². The van der Waals surface area contributed by atoms with Gasteiger partial charge in [-0.25, -0.2) is 0 Å². The molecule has 0 aromatic rings. The van der Waals surface area contributed by atoms with Crippen molar-refractivity contribution in [3.8, 4) is 0 Å². The van der Waals surface area contributed by atoms with Crippen LogP contribution in [0.3, 0.4) is 0 Å². The summed E-state index contributed by atoms with van der Waals surface area (Å²) in [5.74, 6) is 3.16. The molecule has 0 radical (unpaired) electrons. The van der Waals surface area contributed by atoms with E-state index in [1.807, 2.05) is 0 Å². The van der Waals surface area contributed by atoms with Gasteiger partial charge in [0.1, 0.15) is 0 Å². The van der Waals surface area contributed by atoms with E-state index in [-0.39, 0.29) is 0 Å². The van der Waals surface area contributed by atoms with Crippen LogP contribution in [0.15, 0.2) is 0 Å². The van der Waals surface area contributed by atoms with Gasteiger partial charge in [0, 0.05) is 0 Å². The lowest BCUT2D eigenvalue weighted by Crippen LogP contribution is -1.87. The van der Waals surface area contributed by atoms with E-state index in [0.717, 1.165) is 0 Å². The van der Waals surface area contributed by atoms with E-state index in [2.05, 4.69) is 6.66 Å². The predicted octanol–water partition coefficient (Wildman–Crippen LogP) is 1.71. The molecule has 5 heavy (non-hydrogen) atoms. The summed E-state index contributed by atoms with van der Waals surface area (Å²) in [6.45, 7) is 2.38. The van der Waals surface area contributed by atoms with Gasteiger partial charge in [-0.1, -0.05) is 0 Å². The average Bonchev–Trinajstić information content (AvgIpc) is 1.30. The summed E-state index contributed by atoms with van der Waals surface area (Å²) in [7, 11) is 1.92. The van der Waals surface area contributed by atoms with Crippen molar-refractivity contribution in [2.45, 2.75) is 0 Å². The van der Waals surface area contributed by atoms with Gasteiger partial charge in [0.25, 0.3) is 0 Å². The van der Waals surface area contributed by atoms with E-state index in [9.17, 15) is 0 Å². The van der Waals surface area contributed by atoms with Crippen molar-refractivity contribution < 1.29 is 0 Å². The van der Waals surface area contributed by atoms with Gasteiger partial charge in [-0.3, -0.25) is 0 Å². The molecular formula is C3H8P2. The zero-order valence-electron chi connectivity index (χ0n) is 3.36. The zero-order valence-corrected chi connectivity index (χ0v) is 5.26. The molecule has 30 valence electrons. The first-order chi connectivity index (χ1) is 2.39. The van der Waals surface area contributed by atoms with Crippen molar-refractivity contribution in [2.24, 2.45) is 0 Å². The van der Waals surface area contributed by atoms with Gasteiger partial charge >= 0.3 is 0 Å². The summed E-state index contributed by atoms with van der Waals surface area (Å²) >= 11 is 0. The lowest BCUT2D eigenvalue weighted by molar-refractivity contribution is 1.85. The van der Waals surface area contributed by atoms with Gasteiger partial charge in [0.05, 0.1) is 0 Å². The SMILES string of the molecule is CP1CPC1. The quantitative estimate of drug-likeness (QED) is 0.412. The van der Waals surface area contributed by atoms with Crippen LogP contribution in [-0.2, 0) is 0 Å². The average molecular weight is 106 g/mol. The van der Waals surface area contributed by atoms with Gasteiger partial charge in [-0.15, -0.1) is 16.5 Å². The van der Waals surface area contributed by atoms with Crippen LogP contribution in [-0.4, -0.2) is 18.5 Å². The summed E-state index contributed by atoms with van der Waals surface area (Å²) in [6, 6.07) is 0. The molecule has 0 atom stereocenters. The number of rotatable bonds is 0. The summed E-state index contributed by atoms with van der Waals surface area (Å²) in [5.41, 5.74) is 0. The monoisotopic (exact) mass is 106 g/mol. The van der Waals surface area contributed by atoms with Gasteiger partial charge < -0.3 is 0 Å². The van der Waals surface area contributed by atoms with Crippen LogP contribution in [0.5, 0.6) is 0 Å². The van der Waals surface area contributed by atoms with Gasteiger partial charge in [0.15, 0.2) is 0 Å². The summed E-state index contributed by atoms with van der Waals surface area (Å²) in [4.78, 5) is 0. The smallest absolute Gasteiger partial charge is 0.0144 e. The molecule has 0 unspecified atom stereocenters. The summed E-state index contributed by atoms with van der Waals surface area (Å²) < 4.78 is 0. The third kappa shape index (κ3) is 0.845. The Morgan fingerprint density at radius 2 is 2.00 bits per heavy atom. The normalized spacial score (nSPS) is 41.4. The fourth-order valence-electron chi connectivity index (χ4n) is 0.335. The first-order valence-corrected chi connectivity index (χ1v) is 5.36. The number of hydrogen-bond donors (Lipinski definition) is 0. The Bertz CT molecular complexity index is 31.9. The number of hydrogen-bond acceptors (Lipinski definition) is 0. The van der Waals surface area contributed by atoms with Crippen LogP contribution in [0.25, 0.3) is 0 Å². The van der Waals surface area contributed by atoms with E-state index in [4.69, 9.17) is 0 Å². The molecule has 1 aliphatic rings. The Morgan fingerprint density at radius 3 is 2.00 bits per heavy atom. The third-order valence-corrected chi connectivity index (χ3v) is 6.87. The van der Waals surface area contributed by atoms with Crippen LogP contribution in [0.1, 0.15) is 0 Å². The molecule has 0 N–H and O–H groups in total. The second-order valence-electron chi connectivity index (χ2n) is 1.42. The first kappa shape index (κ1) is 4.03. The third-order valence-electron chi connectivity index (χ3n) is 0.763. The largest absolute Gasteiger partial charge is 0.113 e. The van der Waals surface area contributed by atoms with E-state index in [0.29, 0.717) is 7.92 Å². The Hall–Kier alpha value is 0.860. The zero-order chi connectivity index (χ0) is 3.70. The van der Waals surface area contributed by atoms with E-state index in [1.165, 1.54) is 8.58 Å². The Balaban J connectivity index is 2.08. The lowest BCUT2D eigenvalue weighted by Gasteiger charge is -2.20. The van der Waals surface area contributed by atoms with Crippen molar-refractivity contribution in [3.05, 3.63) is 0 Å². The van der Waals surface area contributed by atoms with E-state index < -0.39 is 0 Å². The minimum absolute atomic E-state index is 0.595. The highest BCUT2D eigenvalue weighted by molar-refractivity contribution is 7.82. The highest BCUT2D eigenvalue weighted by Gasteiger charge is 2.08. The highest BCUT2D eigenvalue weighted by Crippen LogP contribution is 2.53. The standard InChI is InChI=1S/C3H8P2/c1-5-2-4-3-5/h4H,2-3H2,1H3. The van der Waals surface area contributed by atoms with E-state index in [1.54, 1.807) is 11.8 Å². The molecule has 0 aliphatic carbocycles. The molecule has 1 heterocycles. The summed E-state index contributed by atoms with van der Waals surface area (Å²) in [5, 5.41) is 0. The second-order valence-corrected chi connectivity index (χ2v) is 6.16. The topological polar surface area (TPSA) is 0 Å². The van der Waals surface area contributed by atoms with Gasteiger partial charge in [-0.2, -0.15) is 0 Å². The summed E-state index contributed by atoms with van der Waals surface area (Å²) in [6.07, 6.45) is 0. The first-order valence-electron chi connectivity index (χ1n) is 1.79. The van der Waals surface area contributed by atoms with Crippen LogP contribution >= 0.6 is 16.5 Å². The molecule has 0 aromatic heterocycles. The maximum absolute atomic E-state index is 2.38. The fourth-order valence-corrected chi connectivity index (χ4v) is 3.02. The van der Waals surface area contributed by atoms with Crippen LogP contribution in [0, 0.1) is 0 Å². The molecule has 0 nitrogen and oxygen atoms in total. The van der Waals surface area contributed by atoms with E-state index >= 15 is 0 Å². The van der Waals surface area contributed by atoms with Crippen LogP contribution < -0.4 is 0 Å². The van der Waals surface area contributed by atoms with Crippen LogP contribution in [0.4, 0.5) is 0 Å². The predicted molar refractivity (Wildman–Crippen MR) is 30.9 cm³/mol. The maximum atomic E-state index is 2.38.